The van der Waals surface area contributed by atoms with Crippen LogP contribution in [0.1, 0.15) is 57.8 Å². The van der Waals surface area contributed by atoms with Crippen LogP contribution in [0.4, 0.5) is 18.0 Å². The normalized spacial score (nSPS) is 21.3. The summed E-state index contributed by atoms with van der Waals surface area (Å²) < 4.78 is 51.6. The summed E-state index contributed by atoms with van der Waals surface area (Å²) in [6, 6.07) is 3.43. The van der Waals surface area contributed by atoms with Crippen LogP contribution in [0.5, 0.6) is 5.75 Å². The number of fused-ring (bicyclic) bond motifs is 1. The highest BCUT2D eigenvalue weighted by atomic mass is 19.3. The van der Waals surface area contributed by atoms with Gasteiger partial charge in [0, 0.05) is 48.3 Å². The van der Waals surface area contributed by atoms with Crippen molar-refractivity contribution in [2.45, 2.75) is 71.6 Å². The molecule has 8 nitrogen and oxygen atoms in total. The van der Waals surface area contributed by atoms with Gasteiger partial charge in [-0.25, -0.2) is 9.18 Å². The van der Waals surface area contributed by atoms with Crippen LogP contribution in [0.15, 0.2) is 18.2 Å². The number of rotatable bonds is 7. The Morgan fingerprint density at radius 1 is 1.30 bits per heavy atom. The highest BCUT2D eigenvalue weighted by molar-refractivity contribution is 5.81. The Morgan fingerprint density at radius 2 is 2.05 bits per heavy atom. The summed E-state index contributed by atoms with van der Waals surface area (Å²) >= 11 is 0. The number of nitrogens with zero attached hydrogens (tertiary/aromatic N) is 3. The van der Waals surface area contributed by atoms with Gasteiger partial charge in [0.1, 0.15) is 11.6 Å². The molecule has 0 bridgehead atoms. The number of halogens is 3. The fraction of sp³-hybridized carbons (Fsp3) is 0.577. The van der Waals surface area contributed by atoms with Crippen LogP contribution >= 0.6 is 0 Å². The molecule has 202 valence electrons. The van der Waals surface area contributed by atoms with E-state index in [0.717, 1.165) is 23.4 Å². The third-order valence-corrected chi connectivity index (χ3v) is 7.00. The number of aromatic nitrogens is 2. The van der Waals surface area contributed by atoms with Crippen molar-refractivity contribution in [3.8, 4) is 17.0 Å². The molecule has 1 aromatic carbocycles. The maximum Gasteiger partial charge on any atom is 0.409 e. The number of nitrogens with one attached hydrogen (secondary N) is 1. The fourth-order valence-corrected chi connectivity index (χ4v) is 5.20. The Bertz CT molecular complexity index is 1170. The predicted octanol–water partition coefficient (Wildman–Crippen LogP) is 4.71. The molecule has 0 radical (unpaired) electrons. The molecule has 1 aliphatic carbocycles. The van der Waals surface area contributed by atoms with Crippen molar-refractivity contribution < 1.29 is 32.2 Å². The summed E-state index contributed by atoms with van der Waals surface area (Å²) in [5.41, 5.74) is 1.57. The monoisotopic (exact) mass is 522 g/mol. The lowest BCUT2D eigenvalue weighted by atomic mass is 9.84. The molecule has 0 saturated carbocycles. The van der Waals surface area contributed by atoms with E-state index in [1.54, 1.807) is 16.5 Å². The minimum Gasteiger partial charge on any atom is -0.450 e. The summed E-state index contributed by atoms with van der Waals surface area (Å²) in [5, 5.41) is 7.78. The van der Waals surface area contributed by atoms with E-state index in [2.05, 4.69) is 15.2 Å². The number of ether oxygens (including phenoxy) is 2. The van der Waals surface area contributed by atoms with E-state index in [0.29, 0.717) is 51.1 Å². The van der Waals surface area contributed by atoms with Crippen LogP contribution in [0.3, 0.4) is 0 Å². The molecule has 4 rings (SSSR count). The molecule has 2 amide bonds. The predicted molar refractivity (Wildman–Crippen MR) is 130 cm³/mol. The third kappa shape index (κ3) is 5.70. The molecule has 2 unspecified atom stereocenters. The second kappa shape index (κ2) is 10.6. The Balaban J connectivity index is 1.55. The Kier molecular flexibility index (Phi) is 7.70. The lowest BCUT2D eigenvalue weighted by Gasteiger charge is -2.30. The Hall–Kier alpha value is -3.24. The zero-order chi connectivity index (χ0) is 26.9. The Morgan fingerprint density at radius 3 is 2.73 bits per heavy atom. The van der Waals surface area contributed by atoms with Gasteiger partial charge in [-0.3, -0.25) is 9.48 Å². The smallest absolute Gasteiger partial charge is 0.409 e. The standard InChI is InChI=1S/C26H33F3N4O4/c1-5-36-25(35)32-11-10-26(4,14-32)30-23(34)16-6-8-18-21(12-16)33(15(2)3)31-22(18)19-13-17(37-24(28)29)7-9-20(19)27/h7,9,13,15-16,24H,5-6,8,10-12,14H2,1-4H3,(H,30,34). The third-order valence-electron chi connectivity index (χ3n) is 7.00. The molecular weight excluding hydrogens is 489 g/mol. The molecule has 1 N–H and O–H groups in total. The molecule has 0 spiro atoms. The first-order valence-corrected chi connectivity index (χ1v) is 12.6. The van der Waals surface area contributed by atoms with E-state index in [1.807, 2.05) is 20.8 Å². The zero-order valence-electron chi connectivity index (χ0n) is 21.5. The van der Waals surface area contributed by atoms with Gasteiger partial charge in [-0.05, 0) is 65.2 Å². The van der Waals surface area contributed by atoms with E-state index in [1.165, 1.54) is 6.07 Å². The summed E-state index contributed by atoms with van der Waals surface area (Å²) in [5.74, 6) is -1.15. The summed E-state index contributed by atoms with van der Waals surface area (Å²) in [4.78, 5) is 27.0. The van der Waals surface area contributed by atoms with Gasteiger partial charge >= 0.3 is 12.7 Å². The maximum absolute atomic E-state index is 14.8. The molecule has 2 atom stereocenters. The summed E-state index contributed by atoms with van der Waals surface area (Å²) in [6.45, 7) is 5.71. The quantitative estimate of drug-likeness (QED) is 0.569. The number of carbonyl (C=O) groups excluding carboxylic acids is 2. The van der Waals surface area contributed by atoms with E-state index in [-0.39, 0.29) is 35.3 Å². The molecule has 1 aliphatic heterocycles. The second-order valence-corrected chi connectivity index (χ2v) is 10.2. The van der Waals surface area contributed by atoms with Gasteiger partial charge in [-0.2, -0.15) is 13.9 Å². The van der Waals surface area contributed by atoms with Crippen LogP contribution in [0, 0.1) is 11.7 Å². The molecule has 2 aliphatic rings. The van der Waals surface area contributed by atoms with Gasteiger partial charge in [0.05, 0.1) is 17.8 Å². The van der Waals surface area contributed by atoms with Crippen molar-refractivity contribution in [2.75, 3.05) is 19.7 Å². The van der Waals surface area contributed by atoms with E-state index < -0.39 is 18.0 Å². The number of likely N-dealkylation sites (tertiary alicyclic amines) is 1. The lowest BCUT2D eigenvalue weighted by molar-refractivity contribution is -0.127. The molecule has 2 heterocycles. The summed E-state index contributed by atoms with van der Waals surface area (Å²) in [7, 11) is 0. The van der Waals surface area contributed by atoms with Crippen molar-refractivity contribution in [3.05, 3.63) is 35.3 Å². The van der Waals surface area contributed by atoms with Crippen molar-refractivity contribution in [1.82, 2.24) is 20.0 Å². The van der Waals surface area contributed by atoms with E-state index in [9.17, 15) is 22.8 Å². The number of hydrogen-bond donors (Lipinski definition) is 1. The minimum absolute atomic E-state index is 0.0571. The van der Waals surface area contributed by atoms with Gasteiger partial charge in [0.2, 0.25) is 5.91 Å². The van der Waals surface area contributed by atoms with Crippen LogP contribution < -0.4 is 10.1 Å². The lowest BCUT2D eigenvalue weighted by Crippen LogP contribution is -2.51. The van der Waals surface area contributed by atoms with Crippen molar-refractivity contribution in [3.63, 3.8) is 0 Å². The molecule has 2 aromatic rings. The number of amides is 2. The second-order valence-electron chi connectivity index (χ2n) is 10.2. The first-order valence-electron chi connectivity index (χ1n) is 12.6. The van der Waals surface area contributed by atoms with Gasteiger partial charge in [-0.1, -0.05) is 0 Å². The molecule has 1 aromatic heterocycles. The highest BCUT2D eigenvalue weighted by Gasteiger charge is 2.40. The van der Waals surface area contributed by atoms with Crippen molar-refractivity contribution in [2.24, 2.45) is 5.92 Å². The number of alkyl halides is 2. The van der Waals surface area contributed by atoms with Gasteiger partial charge in [-0.15, -0.1) is 0 Å². The maximum atomic E-state index is 14.8. The number of benzene rings is 1. The van der Waals surface area contributed by atoms with Gasteiger partial charge < -0.3 is 19.7 Å². The minimum atomic E-state index is -3.02. The molecule has 11 heteroatoms. The number of carbonyl (C=O) groups is 2. The fourth-order valence-electron chi connectivity index (χ4n) is 5.20. The van der Waals surface area contributed by atoms with Crippen molar-refractivity contribution in [1.29, 1.82) is 0 Å². The summed E-state index contributed by atoms with van der Waals surface area (Å²) in [6.07, 6.45) is 1.67. The Labute approximate surface area is 214 Å². The topological polar surface area (TPSA) is 85.7 Å². The average Bonchev–Trinajstić information content (AvgIpc) is 3.41. The zero-order valence-corrected chi connectivity index (χ0v) is 21.5. The molecule has 37 heavy (non-hydrogen) atoms. The molecule has 1 fully saturated rings. The van der Waals surface area contributed by atoms with E-state index in [4.69, 9.17) is 4.74 Å². The largest absolute Gasteiger partial charge is 0.450 e. The SMILES string of the molecule is CCOC(=O)N1CCC(C)(NC(=O)C2CCc3c(-c4cc(OC(F)F)ccc4F)nn(C(C)C)c3C2)C1. The van der Waals surface area contributed by atoms with Crippen molar-refractivity contribution >= 4 is 12.0 Å². The average molecular weight is 523 g/mol. The van der Waals surface area contributed by atoms with Crippen LogP contribution in [0.2, 0.25) is 0 Å². The molecular formula is C26H33F3N4O4. The van der Waals surface area contributed by atoms with Crippen LogP contribution in [0.25, 0.3) is 11.3 Å². The van der Waals surface area contributed by atoms with Gasteiger partial charge in [0.25, 0.3) is 0 Å². The highest BCUT2D eigenvalue weighted by Crippen LogP contribution is 2.37. The van der Waals surface area contributed by atoms with Crippen LogP contribution in [-0.4, -0.2) is 58.5 Å². The molecule has 1 saturated heterocycles. The van der Waals surface area contributed by atoms with Gasteiger partial charge in [0.15, 0.2) is 0 Å². The number of hydrogen-bond acceptors (Lipinski definition) is 5. The first-order chi connectivity index (χ1) is 17.5. The van der Waals surface area contributed by atoms with E-state index >= 15 is 0 Å². The first kappa shape index (κ1) is 26.8. The van der Waals surface area contributed by atoms with Crippen LogP contribution in [-0.2, 0) is 22.4 Å².